The summed E-state index contributed by atoms with van der Waals surface area (Å²) in [4.78, 5) is 14.5. The Morgan fingerprint density at radius 3 is 2.32 bits per heavy atom. The molecule has 0 amide bonds. The number of nitrogens with zero attached hydrogens (tertiary/aromatic N) is 1. The van der Waals surface area contributed by atoms with E-state index in [0.717, 1.165) is 18.2 Å². The Bertz CT molecular complexity index is 551. The van der Waals surface area contributed by atoms with Gasteiger partial charge in [-0.05, 0) is 18.2 Å². The van der Waals surface area contributed by atoms with Gasteiger partial charge in [0.05, 0.1) is 18.7 Å². The predicted molar refractivity (Wildman–Crippen MR) is 59.6 cm³/mol. The first kappa shape index (κ1) is 16.4. The van der Waals surface area contributed by atoms with E-state index in [2.05, 4.69) is 4.84 Å². The molecule has 122 valence electrons. The highest BCUT2D eigenvalue weighted by Crippen LogP contribution is 2.32. The van der Waals surface area contributed by atoms with Gasteiger partial charge < -0.3 is 9.57 Å². The number of carbonyl (C=O) groups is 1. The third-order valence-electron chi connectivity index (χ3n) is 2.72. The summed E-state index contributed by atoms with van der Waals surface area (Å²) < 4.78 is 78.4. The van der Waals surface area contributed by atoms with Crippen molar-refractivity contribution in [1.82, 2.24) is 5.06 Å². The molecule has 0 aliphatic carbocycles. The van der Waals surface area contributed by atoms with E-state index >= 15 is 0 Å². The van der Waals surface area contributed by atoms with Gasteiger partial charge in [0.2, 0.25) is 0 Å². The highest BCUT2D eigenvalue weighted by atomic mass is 19.4. The molecular weight excluding hydrogens is 320 g/mol. The van der Waals surface area contributed by atoms with Crippen LogP contribution in [0.4, 0.5) is 26.3 Å². The van der Waals surface area contributed by atoms with E-state index in [1.165, 1.54) is 6.07 Å². The minimum absolute atomic E-state index is 0.0679. The summed E-state index contributed by atoms with van der Waals surface area (Å²) in [5.41, 5.74) is -0.898. The Morgan fingerprint density at radius 1 is 1.14 bits per heavy atom. The SMILES string of the molecule is O=C(ON1CC(Oc2cccc(C(F)(F)F)c2)C1)C(F)(F)F. The molecule has 0 radical (unpaired) electrons. The van der Waals surface area contributed by atoms with E-state index in [-0.39, 0.29) is 18.8 Å². The molecular formula is C12H9F6NO3. The van der Waals surface area contributed by atoms with Gasteiger partial charge in [-0.15, -0.1) is 5.06 Å². The van der Waals surface area contributed by atoms with Crippen molar-refractivity contribution in [2.24, 2.45) is 0 Å². The number of ether oxygens (including phenoxy) is 1. The number of benzene rings is 1. The zero-order valence-corrected chi connectivity index (χ0v) is 10.7. The summed E-state index contributed by atoms with van der Waals surface area (Å²) >= 11 is 0. The van der Waals surface area contributed by atoms with Gasteiger partial charge in [0.1, 0.15) is 11.9 Å². The summed E-state index contributed by atoms with van der Waals surface area (Å²) in [5.74, 6) is -2.42. The Kier molecular flexibility index (Phi) is 4.23. The molecule has 0 aromatic heterocycles. The maximum atomic E-state index is 12.5. The first-order valence-corrected chi connectivity index (χ1v) is 5.93. The van der Waals surface area contributed by atoms with Crippen LogP contribution in [0.2, 0.25) is 0 Å². The number of alkyl halides is 6. The van der Waals surface area contributed by atoms with Crippen molar-refractivity contribution in [2.45, 2.75) is 18.5 Å². The molecule has 0 N–H and O–H groups in total. The molecule has 10 heteroatoms. The van der Waals surface area contributed by atoms with E-state index < -0.39 is 30.0 Å². The topological polar surface area (TPSA) is 38.8 Å². The van der Waals surface area contributed by atoms with Gasteiger partial charge in [-0.1, -0.05) is 6.07 Å². The maximum absolute atomic E-state index is 12.5. The highest BCUT2D eigenvalue weighted by molar-refractivity contribution is 5.75. The zero-order valence-electron chi connectivity index (χ0n) is 10.7. The number of halogens is 6. The van der Waals surface area contributed by atoms with Crippen LogP contribution in [0, 0.1) is 0 Å². The van der Waals surface area contributed by atoms with E-state index in [1.807, 2.05) is 0 Å². The van der Waals surface area contributed by atoms with Gasteiger partial charge in [0.25, 0.3) is 0 Å². The summed E-state index contributed by atoms with van der Waals surface area (Å²) in [7, 11) is 0. The van der Waals surface area contributed by atoms with Crippen molar-refractivity contribution in [2.75, 3.05) is 13.1 Å². The first-order valence-electron chi connectivity index (χ1n) is 5.93. The third-order valence-corrected chi connectivity index (χ3v) is 2.72. The second-order valence-corrected chi connectivity index (χ2v) is 4.49. The van der Waals surface area contributed by atoms with E-state index in [1.54, 1.807) is 0 Å². The van der Waals surface area contributed by atoms with Gasteiger partial charge in [0, 0.05) is 0 Å². The largest absolute Gasteiger partial charge is 0.492 e. The molecule has 0 bridgehead atoms. The Morgan fingerprint density at radius 2 is 1.77 bits per heavy atom. The van der Waals surface area contributed by atoms with Crippen LogP contribution in [0.3, 0.4) is 0 Å². The molecule has 22 heavy (non-hydrogen) atoms. The molecule has 1 fully saturated rings. The van der Waals surface area contributed by atoms with Crippen LogP contribution in [0.25, 0.3) is 0 Å². The normalized spacial score (nSPS) is 17.0. The fourth-order valence-electron chi connectivity index (χ4n) is 1.66. The molecule has 1 heterocycles. The molecule has 0 spiro atoms. The fraction of sp³-hybridized carbons (Fsp3) is 0.417. The molecule has 2 rings (SSSR count). The summed E-state index contributed by atoms with van der Waals surface area (Å²) in [6, 6.07) is 4.09. The molecule has 0 saturated carbocycles. The lowest BCUT2D eigenvalue weighted by molar-refractivity contribution is -0.262. The van der Waals surface area contributed by atoms with Crippen LogP contribution in [0.1, 0.15) is 5.56 Å². The smallest absolute Gasteiger partial charge is 0.487 e. The van der Waals surface area contributed by atoms with Crippen LogP contribution in [0.5, 0.6) is 5.75 Å². The second kappa shape index (κ2) is 5.67. The molecule has 4 nitrogen and oxygen atoms in total. The standard InChI is InChI=1S/C12H9F6NO3/c13-11(14,15)7-2-1-3-8(4-7)21-9-5-19(6-9)22-10(20)12(16,17)18/h1-4,9H,5-6H2. The van der Waals surface area contributed by atoms with E-state index in [0.29, 0.717) is 5.06 Å². The summed E-state index contributed by atoms with van der Waals surface area (Å²) in [5, 5.41) is 0.716. The first-order chi connectivity index (χ1) is 10.1. The number of rotatable bonds is 3. The molecule has 1 aliphatic heterocycles. The zero-order chi connectivity index (χ0) is 16.5. The van der Waals surface area contributed by atoms with Crippen LogP contribution < -0.4 is 4.74 Å². The lowest BCUT2D eigenvalue weighted by Gasteiger charge is -2.36. The average Bonchev–Trinajstić information content (AvgIpc) is 2.34. The Balaban J connectivity index is 1.85. The van der Waals surface area contributed by atoms with Crippen molar-refractivity contribution in [3.63, 3.8) is 0 Å². The number of hydroxylamine groups is 2. The van der Waals surface area contributed by atoms with Gasteiger partial charge in [-0.3, -0.25) is 0 Å². The van der Waals surface area contributed by atoms with E-state index in [4.69, 9.17) is 4.74 Å². The predicted octanol–water partition coefficient (Wildman–Crippen LogP) is 2.79. The van der Waals surface area contributed by atoms with Gasteiger partial charge in [0.15, 0.2) is 0 Å². The average molecular weight is 329 g/mol. The molecule has 1 aromatic rings. The number of hydrogen-bond acceptors (Lipinski definition) is 4. The van der Waals surface area contributed by atoms with Crippen molar-refractivity contribution in [3.8, 4) is 5.75 Å². The van der Waals surface area contributed by atoms with Crippen molar-refractivity contribution < 1.29 is 40.7 Å². The van der Waals surface area contributed by atoms with Crippen molar-refractivity contribution in [3.05, 3.63) is 29.8 Å². The van der Waals surface area contributed by atoms with Gasteiger partial charge in [-0.25, -0.2) is 4.79 Å². The highest BCUT2D eigenvalue weighted by Gasteiger charge is 2.44. The monoisotopic (exact) mass is 329 g/mol. The lowest BCUT2D eigenvalue weighted by Crippen LogP contribution is -2.55. The van der Waals surface area contributed by atoms with E-state index in [9.17, 15) is 31.1 Å². The Hall–Kier alpha value is -1.97. The molecule has 0 atom stereocenters. The number of hydrogen-bond donors (Lipinski definition) is 0. The molecule has 0 unspecified atom stereocenters. The van der Waals surface area contributed by atoms with Crippen LogP contribution in [0.15, 0.2) is 24.3 Å². The molecule has 1 aromatic carbocycles. The minimum atomic E-state index is -5.10. The van der Waals surface area contributed by atoms with Crippen LogP contribution in [-0.2, 0) is 15.8 Å². The molecule has 1 saturated heterocycles. The van der Waals surface area contributed by atoms with Crippen LogP contribution >= 0.6 is 0 Å². The summed E-state index contributed by atoms with van der Waals surface area (Å²) in [6.45, 7) is -0.337. The summed E-state index contributed by atoms with van der Waals surface area (Å²) in [6.07, 6.45) is -10.3. The minimum Gasteiger partial charge on any atom is -0.487 e. The number of carbonyl (C=O) groups excluding carboxylic acids is 1. The van der Waals surface area contributed by atoms with Crippen molar-refractivity contribution >= 4 is 5.97 Å². The molecule has 1 aliphatic rings. The quantitative estimate of drug-likeness (QED) is 0.800. The van der Waals surface area contributed by atoms with Crippen LogP contribution in [-0.4, -0.2) is 36.4 Å². The fourth-order valence-corrected chi connectivity index (χ4v) is 1.66. The third kappa shape index (κ3) is 4.03. The Labute approximate surface area is 120 Å². The van der Waals surface area contributed by atoms with Gasteiger partial charge >= 0.3 is 18.3 Å². The lowest BCUT2D eigenvalue weighted by atomic mass is 10.2. The second-order valence-electron chi connectivity index (χ2n) is 4.49. The van der Waals surface area contributed by atoms with Gasteiger partial charge in [-0.2, -0.15) is 26.3 Å². The maximum Gasteiger partial charge on any atom is 0.492 e. The van der Waals surface area contributed by atoms with Crippen molar-refractivity contribution in [1.29, 1.82) is 0 Å².